The maximum absolute atomic E-state index is 12.4. The van der Waals surface area contributed by atoms with E-state index in [1.54, 1.807) is 0 Å². The lowest BCUT2D eigenvalue weighted by atomic mass is 9.87. The van der Waals surface area contributed by atoms with E-state index >= 15 is 0 Å². The topological polar surface area (TPSA) is 148 Å². The van der Waals surface area contributed by atoms with Crippen LogP contribution in [-0.4, -0.2) is 66.8 Å². The van der Waals surface area contributed by atoms with Gasteiger partial charge in [-0.05, 0) is 6.42 Å². The zero-order valence-corrected chi connectivity index (χ0v) is 17.1. The number of unbranched alkanes of at least 4 members (excludes halogenated alkanes) is 9. The molecule has 0 heterocycles. The molecule has 0 amide bonds. The number of aliphatic hydroxyl groups excluding tert-OH is 4. The van der Waals surface area contributed by atoms with Crippen LogP contribution in [0.2, 0.25) is 0 Å². The van der Waals surface area contributed by atoms with Gasteiger partial charge in [-0.1, -0.05) is 64.7 Å². The summed E-state index contributed by atoms with van der Waals surface area (Å²) in [5, 5.41) is 46.4. The van der Waals surface area contributed by atoms with Gasteiger partial charge in [0, 0.05) is 6.42 Å². The summed E-state index contributed by atoms with van der Waals surface area (Å²) < 4.78 is 17.3. The van der Waals surface area contributed by atoms with Gasteiger partial charge < -0.3 is 34.9 Å². The van der Waals surface area contributed by atoms with Gasteiger partial charge in [-0.15, -0.1) is 0 Å². The Hall–Kier alpha value is -0.0500. The Morgan fingerprint density at radius 3 is 1.89 bits per heavy atom. The Bertz CT molecular complexity index is 463. The minimum absolute atomic E-state index is 0.0753. The van der Waals surface area contributed by atoms with Crippen LogP contribution in [0.4, 0.5) is 0 Å². The SMILES string of the molecule is CCCCCCCCCCCCOP(=O)(O)[C@@]1(O)C[C@@H](O)[C@H](O)[C@@H](O)[C@H]1O. The van der Waals surface area contributed by atoms with E-state index < -0.39 is 43.8 Å². The average Bonchev–Trinajstić information content (AvgIpc) is 2.62. The molecule has 0 bridgehead atoms. The minimum atomic E-state index is -4.74. The summed E-state index contributed by atoms with van der Waals surface area (Å²) >= 11 is 0. The molecule has 1 unspecified atom stereocenters. The summed E-state index contributed by atoms with van der Waals surface area (Å²) in [5.74, 6) is 0. The monoisotopic (exact) mass is 412 g/mol. The van der Waals surface area contributed by atoms with Crippen molar-refractivity contribution in [2.75, 3.05) is 6.61 Å². The highest BCUT2D eigenvalue weighted by Crippen LogP contribution is 2.59. The molecule has 0 aromatic heterocycles. The maximum atomic E-state index is 12.4. The average molecular weight is 412 g/mol. The molecule has 1 aliphatic rings. The van der Waals surface area contributed by atoms with Crippen LogP contribution >= 0.6 is 7.60 Å². The van der Waals surface area contributed by atoms with Crippen molar-refractivity contribution in [2.45, 2.75) is 107 Å². The fourth-order valence-electron chi connectivity index (χ4n) is 3.41. The molecule has 6 atom stereocenters. The molecule has 1 aliphatic carbocycles. The summed E-state index contributed by atoms with van der Waals surface area (Å²) in [6.07, 6.45) is 2.74. The van der Waals surface area contributed by atoms with Crippen LogP contribution in [-0.2, 0) is 9.09 Å². The fourth-order valence-corrected chi connectivity index (χ4v) is 4.91. The zero-order valence-electron chi connectivity index (χ0n) is 16.2. The molecule has 27 heavy (non-hydrogen) atoms. The van der Waals surface area contributed by atoms with Crippen molar-refractivity contribution in [3.8, 4) is 0 Å². The number of hydrogen-bond acceptors (Lipinski definition) is 7. The molecule has 1 saturated carbocycles. The van der Waals surface area contributed by atoms with Gasteiger partial charge in [0.25, 0.3) is 0 Å². The highest BCUT2D eigenvalue weighted by atomic mass is 31.2. The molecule has 0 aromatic rings. The highest BCUT2D eigenvalue weighted by molar-refractivity contribution is 7.54. The first-order valence-electron chi connectivity index (χ1n) is 10.1. The molecule has 0 radical (unpaired) electrons. The van der Waals surface area contributed by atoms with Gasteiger partial charge in [-0.25, -0.2) is 0 Å². The Labute approximate surface area is 161 Å². The molecule has 0 spiro atoms. The summed E-state index contributed by atoms with van der Waals surface area (Å²) in [7, 11) is -4.74. The molecule has 8 nitrogen and oxygen atoms in total. The Morgan fingerprint density at radius 1 is 0.889 bits per heavy atom. The van der Waals surface area contributed by atoms with Crippen molar-refractivity contribution >= 4 is 7.60 Å². The van der Waals surface area contributed by atoms with Crippen molar-refractivity contribution in [2.24, 2.45) is 0 Å². The largest absolute Gasteiger partial charge is 0.390 e. The molecule has 0 saturated heterocycles. The van der Waals surface area contributed by atoms with Crippen LogP contribution in [0.25, 0.3) is 0 Å². The molecule has 0 aliphatic heterocycles. The van der Waals surface area contributed by atoms with Crippen LogP contribution in [0.1, 0.15) is 77.6 Å². The molecule has 1 fully saturated rings. The van der Waals surface area contributed by atoms with Crippen LogP contribution in [0.15, 0.2) is 0 Å². The second-order valence-corrected chi connectivity index (χ2v) is 9.69. The molecular formula is C18H37O8P. The van der Waals surface area contributed by atoms with E-state index in [2.05, 4.69) is 6.92 Å². The molecule has 6 N–H and O–H groups in total. The number of rotatable bonds is 13. The smallest absolute Gasteiger partial charge is 0.362 e. The van der Waals surface area contributed by atoms with Crippen LogP contribution in [0.5, 0.6) is 0 Å². The van der Waals surface area contributed by atoms with Gasteiger partial charge in [0.1, 0.15) is 18.3 Å². The second kappa shape index (κ2) is 11.8. The third-order valence-corrected chi connectivity index (χ3v) is 7.26. The lowest BCUT2D eigenvalue weighted by molar-refractivity contribution is -0.196. The molecular weight excluding hydrogens is 375 g/mol. The predicted octanol–water partition coefficient (Wildman–Crippen LogP) is 1.65. The Kier molecular flexibility index (Phi) is 10.9. The molecule has 1 rings (SSSR count). The fraction of sp³-hybridized carbons (Fsp3) is 1.00. The summed E-state index contributed by atoms with van der Waals surface area (Å²) in [5.41, 5.74) is 0. The highest BCUT2D eigenvalue weighted by Gasteiger charge is 2.61. The molecule has 162 valence electrons. The van der Waals surface area contributed by atoms with E-state index in [0.717, 1.165) is 19.3 Å². The van der Waals surface area contributed by atoms with Gasteiger partial charge in [0.2, 0.25) is 0 Å². The number of hydrogen-bond donors (Lipinski definition) is 6. The van der Waals surface area contributed by atoms with E-state index in [9.17, 15) is 35.0 Å². The first-order valence-corrected chi connectivity index (χ1v) is 11.7. The van der Waals surface area contributed by atoms with Crippen LogP contribution in [0.3, 0.4) is 0 Å². The van der Waals surface area contributed by atoms with E-state index in [1.807, 2.05) is 0 Å². The van der Waals surface area contributed by atoms with Crippen molar-refractivity contribution in [3.63, 3.8) is 0 Å². The zero-order chi connectivity index (χ0) is 20.5. The van der Waals surface area contributed by atoms with Crippen molar-refractivity contribution in [3.05, 3.63) is 0 Å². The van der Waals surface area contributed by atoms with Crippen molar-refractivity contribution in [1.82, 2.24) is 0 Å². The standard InChI is InChI=1S/C18H37O8P/c1-2-3-4-5-6-7-8-9-10-11-12-26-27(24,25)18(23)13-14(19)15(20)16(21)17(18)22/h14-17,19-23H,2-13H2,1H3,(H,24,25)/t14-,15+,16-,17-,18+/m1/s1. The minimum Gasteiger partial charge on any atom is -0.390 e. The lowest BCUT2D eigenvalue weighted by Gasteiger charge is -2.44. The summed E-state index contributed by atoms with van der Waals surface area (Å²) in [4.78, 5) is 10.1. The van der Waals surface area contributed by atoms with Gasteiger partial charge >= 0.3 is 7.60 Å². The van der Waals surface area contributed by atoms with E-state index in [1.165, 1.54) is 38.5 Å². The quantitative estimate of drug-likeness (QED) is 0.198. The first kappa shape index (κ1) is 25.0. The summed E-state index contributed by atoms with van der Waals surface area (Å²) in [6.45, 7) is 2.11. The second-order valence-electron chi connectivity index (χ2n) is 7.61. The summed E-state index contributed by atoms with van der Waals surface area (Å²) in [6, 6.07) is 0. The number of aliphatic hydroxyl groups is 5. The Balaban J connectivity index is 2.28. The maximum Gasteiger partial charge on any atom is 0.362 e. The lowest BCUT2D eigenvalue weighted by Crippen LogP contribution is -2.62. The van der Waals surface area contributed by atoms with Gasteiger partial charge in [-0.3, -0.25) is 4.57 Å². The van der Waals surface area contributed by atoms with E-state index in [4.69, 9.17) is 4.52 Å². The van der Waals surface area contributed by atoms with Gasteiger partial charge in [-0.2, -0.15) is 0 Å². The van der Waals surface area contributed by atoms with Crippen LogP contribution in [0, 0.1) is 0 Å². The third kappa shape index (κ3) is 7.05. The van der Waals surface area contributed by atoms with E-state index in [0.29, 0.717) is 6.42 Å². The first-order chi connectivity index (χ1) is 12.7. The Morgan fingerprint density at radius 2 is 1.37 bits per heavy atom. The predicted molar refractivity (Wildman–Crippen MR) is 101 cm³/mol. The van der Waals surface area contributed by atoms with Crippen molar-refractivity contribution < 1.29 is 39.5 Å². The van der Waals surface area contributed by atoms with E-state index in [-0.39, 0.29) is 6.61 Å². The van der Waals surface area contributed by atoms with Crippen molar-refractivity contribution in [1.29, 1.82) is 0 Å². The van der Waals surface area contributed by atoms with Gasteiger partial charge in [0.15, 0.2) is 5.34 Å². The van der Waals surface area contributed by atoms with Crippen LogP contribution < -0.4 is 0 Å². The molecule has 9 heteroatoms. The van der Waals surface area contributed by atoms with Gasteiger partial charge in [0.05, 0.1) is 12.7 Å². The third-order valence-electron chi connectivity index (χ3n) is 5.30. The molecule has 0 aromatic carbocycles. The normalized spacial score (nSPS) is 33.7.